The van der Waals surface area contributed by atoms with Crippen molar-refractivity contribution in [2.24, 2.45) is 0 Å². The van der Waals surface area contributed by atoms with Crippen LogP contribution in [0, 0.1) is 18.6 Å². The van der Waals surface area contributed by atoms with Crippen molar-refractivity contribution in [2.75, 3.05) is 7.05 Å². The summed E-state index contributed by atoms with van der Waals surface area (Å²) in [6.07, 6.45) is 0. The number of hydrogen-bond acceptors (Lipinski definition) is 3. The van der Waals surface area contributed by atoms with Crippen LogP contribution in [0.15, 0.2) is 48.5 Å². The SMILES string of the molecule is Cc1ccc(-n2nnn(C[NH+](C)Cc3ccccc3)c2=S)c(C)c1. The minimum Gasteiger partial charge on any atom is -0.315 e. The topological polar surface area (TPSA) is 40.1 Å². The second-order valence-electron chi connectivity index (χ2n) is 6.24. The van der Waals surface area contributed by atoms with Gasteiger partial charge in [-0.1, -0.05) is 48.0 Å². The van der Waals surface area contributed by atoms with E-state index in [1.807, 2.05) is 12.1 Å². The lowest BCUT2D eigenvalue weighted by Gasteiger charge is -2.13. The van der Waals surface area contributed by atoms with Gasteiger partial charge >= 0.3 is 0 Å². The van der Waals surface area contributed by atoms with E-state index in [0.29, 0.717) is 11.4 Å². The van der Waals surface area contributed by atoms with E-state index in [2.05, 4.69) is 67.7 Å². The molecule has 1 heterocycles. The van der Waals surface area contributed by atoms with Crippen molar-refractivity contribution in [2.45, 2.75) is 27.1 Å². The Balaban J connectivity index is 1.79. The first-order valence-corrected chi connectivity index (χ1v) is 8.41. The van der Waals surface area contributed by atoms with Crippen LogP contribution in [0.5, 0.6) is 0 Å². The first kappa shape index (κ1) is 16.5. The van der Waals surface area contributed by atoms with Gasteiger partial charge in [0.15, 0.2) is 6.67 Å². The van der Waals surface area contributed by atoms with Gasteiger partial charge in [-0.05, 0) is 48.1 Å². The van der Waals surface area contributed by atoms with E-state index in [4.69, 9.17) is 12.2 Å². The monoisotopic (exact) mass is 340 g/mol. The molecule has 0 aliphatic carbocycles. The van der Waals surface area contributed by atoms with Crippen LogP contribution in [-0.2, 0) is 13.2 Å². The molecule has 2 aromatic carbocycles. The minimum atomic E-state index is 0.620. The van der Waals surface area contributed by atoms with Gasteiger partial charge in [-0.3, -0.25) is 0 Å². The fourth-order valence-electron chi connectivity index (χ4n) is 2.82. The summed E-state index contributed by atoms with van der Waals surface area (Å²) < 4.78 is 4.14. The molecular formula is C18H22N5S+. The van der Waals surface area contributed by atoms with E-state index in [0.717, 1.165) is 17.8 Å². The number of hydrogen-bond donors (Lipinski definition) is 1. The maximum Gasteiger partial charge on any atom is 0.225 e. The predicted molar refractivity (Wildman–Crippen MR) is 96.7 cm³/mol. The molecule has 1 atom stereocenters. The third-order valence-electron chi connectivity index (χ3n) is 3.99. The van der Waals surface area contributed by atoms with Crippen LogP contribution in [-0.4, -0.2) is 26.8 Å². The zero-order valence-electron chi connectivity index (χ0n) is 14.2. The molecule has 1 unspecified atom stereocenters. The van der Waals surface area contributed by atoms with Gasteiger partial charge in [-0.15, -0.1) is 0 Å². The second-order valence-corrected chi connectivity index (χ2v) is 6.61. The minimum absolute atomic E-state index is 0.620. The normalized spacial score (nSPS) is 12.3. The van der Waals surface area contributed by atoms with Gasteiger partial charge < -0.3 is 4.90 Å². The summed E-state index contributed by atoms with van der Waals surface area (Å²) in [6.45, 7) is 5.74. The third-order valence-corrected chi connectivity index (χ3v) is 4.37. The van der Waals surface area contributed by atoms with E-state index in [1.54, 1.807) is 9.36 Å². The van der Waals surface area contributed by atoms with E-state index < -0.39 is 0 Å². The molecule has 24 heavy (non-hydrogen) atoms. The van der Waals surface area contributed by atoms with Gasteiger partial charge in [0.1, 0.15) is 6.54 Å². The van der Waals surface area contributed by atoms with Crippen LogP contribution in [0.3, 0.4) is 0 Å². The highest BCUT2D eigenvalue weighted by atomic mass is 32.1. The molecule has 5 nitrogen and oxygen atoms in total. The molecule has 0 saturated heterocycles. The lowest BCUT2D eigenvalue weighted by molar-refractivity contribution is -0.917. The zero-order valence-corrected chi connectivity index (χ0v) is 15.0. The van der Waals surface area contributed by atoms with Crippen LogP contribution < -0.4 is 4.90 Å². The van der Waals surface area contributed by atoms with Crippen molar-refractivity contribution < 1.29 is 4.90 Å². The molecule has 1 N–H and O–H groups in total. The number of aryl methyl sites for hydroxylation is 2. The van der Waals surface area contributed by atoms with E-state index >= 15 is 0 Å². The quantitative estimate of drug-likeness (QED) is 0.723. The Morgan fingerprint density at radius 3 is 2.50 bits per heavy atom. The molecule has 0 saturated carbocycles. The first-order chi connectivity index (χ1) is 11.5. The van der Waals surface area contributed by atoms with Crippen LogP contribution >= 0.6 is 12.2 Å². The first-order valence-electron chi connectivity index (χ1n) is 8.00. The Morgan fingerprint density at radius 2 is 1.79 bits per heavy atom. The molecular weight excluding hydrogens is 318 g/mol. The summed E-state index contributed by atoms with van der Waals surface area (Å²) in [5.74, 6) is 0. The van der Waals surface area contributed by atoms with Crippen molar-refractivity contribution in [3.63, 3.8) is 0 Å². The molecule has 0 spiro atoms. The van der Waals surface area contributed by atoms with E-state index in [1.165, 1.54) is 16.0 Å². The van der Waals surface area contributed by atoms with Crippen molar-refractivity contribution >= 4 is 12.2 Å². The largest absolute Gasteiger partial charge is 0.315 e. The highest BCUT2D eigenvalue weighted by Crippen LogP contribution is 2.14. The molecule has 1 aromatic heterocycles. The van der Waals surface area contributed by atoms with Gasteiger partial charge in [0.2, 0.25) is 4.77 Å². The smallest absolute Gasteiger partial charge is 0.225 e. The number of benzene rings is 2. The van der Waals surface area contributed by atoms with E-state index in [9.17, 15) is 0 Å². The molecule has 3 aromatic rings. The summed E-state index contributed by atoms with van der Waals surface area (Å²) in [5, 5.41) is 8.49. The predicted octanol–water partition coefficient (Wildman–Crippen LogP) is 2.09. The summed E-state index contributed by atoms with van der Waals surface area (Å²) in [4.78, 5) is 1.30. The number of quaternary nitrogens is 1. The summed E-state index contributed by atoms with van der Waals surface area (Å²) in [7, 11) is 2.13. The summed E-state index contributed by atoms with van der Waals surface area (Å²) >= 11 is 5.57. The maximum atomic E-state index is 5.57. The third kappa shape index (κ3) is 3.60. The standard InChI is InChI=1S/C18H21N5S/c1-14-9-10-17(15(2)11-14)23-18(24)22(19-20-23)13-21(3)12-16-7-5-4-6-8-16/h4-11H,12-13H2,1-3H3/p+1. The molecule has 3 rings (SSSR count). The lowest BCUT2D eigenvalue weighted by atomic mass is 10.1. The Kier molecular flexibility index (Phi) is 4.87. The molecule has 0 aliphatic heterocycles. The Labute approximate surface area is 147 Å². The second kappa shape index (κ2) is 7.07. The van der Waals surface area contributed by atoms with Crippen molar-refractivity contribution in [1.29, 1.82) is 0 Å². The summed E-state index contributed by atoms with van der Waals surface area (Å²) in [5.41, 5.74) is 4.64. The Hall–Kier alpha value is -2.31. The molecule has 0 aliphatic rings. The van der Waals surface area contributed by atoms with Crippen LogP contribution in [0.25, 0.3) is 5.69 Å². The van der Waals surface area contributed by atoms with Crippen molar-refractivity contribution in [3.8, 4) is 5.69 Å². The fourth-order valence-corrected chi connectivity index (χ4v) is 3.06. The number of nitrogens with zero attached hydrogens (tertiary/aromatic N) is 4. The van der Waals surface area contributed by atoms with Gasteiger partial charge in [-0.2, -0.15) is 9.36 Å². The molecule has 0 bridgehead atoms. The molecule has 0 fully saturated rings. The lowest BCUT2D eigenvalue weighted by Crippen LogP contribution is -3.07. The van der Waals surface area contributed by atoms with Crippen LogP contribution in [0.1, 0.15) is 16.7 Å². The average Bonchev–Trinajstić information content (AvgIpc) is 2.89. The molecule has 0 radical (unpaired) electrons. The molecule has 6 heteroatoms. The van der Waals surface area contributed by atoms with Gasteiger partial charge in [-0.25, -0.2) is 0 Å². The number of nitrogens with one attached hydrogen (secondary N) is 1. The van der Waals surface area contributed by atoms with Crippen molar-refractivity contribution in [1.82, 2.24) is 19.8 Å². The Morgan fingerprint density at radius 1 is 1.04 bits per heavy atom. The van der Waals surface area contributed by atoms with Crippen LogP contribution in [0.2, 0.25) is 0 Å². The summed E-state index contributed by atoms with van der Waals surface area (Å²) in [6, 6.07) is 16.7. The van der Waals surface area contributed by atoms with Crippen LogP contribution in [0.4, 0.5) is 0 Å². The fraction of sp³-hybridized carbons (Fsp3) is 0.278. The van der Waals surface area contributed by atoms with Gasteiger partial charge in [0, 0.05) is 5.56 Å². The van der Waals surface area contributed by atoms with Gasteiger partial charge in [0.05, 0.1) is 12.7 Å². The van der Waals surface area contributed by atoms with Gasteiger partial charge in [0.25, 0.3) is 0 Å². The zero-order chi connectivity index (χ0) is 17.1. The highest BCUT2D eigenvalue weighted by Gasteiger charge is 2.12. The molecule has 124 valence electrons. The average molecular weight is 340 g/mol. The van der Waals surface area contributed by atoms with Crippen molar-refractivity contribution in [3.05, 3.63) is 70.0 Å². The highest BCUT2D eigenvalue weighted by molar-refractivity contribution is 7.71. The maximum absolute atomic E-state index is 5.57. The molecule has 0 amide bonds. The number of tetrazole rings is 1. The van der Waals surface area contributed by atoms with E-state index in [-0.39, 0.29) is 0 Å². The number of rotatable bonds is 5. The Bertz CT molecular complexity index is 882. The number of aromatic nitrogens is 4.